The molecule has 4 nitrogen and oxygen atoms in total. The molecular formula is C23H24ClN3O. The topological polar surface area (TPSA) is 61.7 Å². The molecule has 1 aromatic heterocycles. The average Bonchev–Trinajstić information content (AvgIpc) is 3.12. The van der Waals surface area contributed by atoms with Crippen molar-refractivity contribution in [3.05, 3.63) is 58.4 Å². The van der Waals surface area contributed by atoms with Crippen LogP contribution in [0.15, 0.2) is 36.4 Å². The van der Waals surface area contributed by atoms with Gasteiger partial charge >= 0.3 is 0 Å². The highest BCUT2D eigenvalue weighted by atomic mass is 35.5. The Kier molecular flexibility index (Phi) is 5.28. The summed E-state index contributed by atoms with van der Waals surface area (Å²) in [6, 6.07) is 13.9. The molecule has 1 aliphatic rings. The lowest BCUT2D eigenvalue weighted by molar-refractivity contribution is 0.145. The molecule has 0 saturated heterocycles. The standard InChI is InChI=1S/C23H24ClN3O/c1-14(2)16-6-10-21-22(11-16)27-23(26-21)15-3-7-18(8-4-15)28-19-9-5-17(13-25)20(24)12-19/h5-6,9-12,14-15,18H,3-4,7-8H2,1-2H3,(H,26,27)/t15-,18-. The summed E-state index contributed by atoms with van der Waals surface area (Å²) >= 11 is 6.10. The molecule has 0 spiro atoms. The number of aromatic nitrogens is 2. The van der Waals surface area contributed by atoms with E-state index in [9.17, 15) is 0 Å². The van der Waals surface area contributed by atoms with E-state index in [2.05, 4.69) is 43.1 Å². The molecule has 0 atom stereocenters. The number of rotatable bonds is 4. The monoisotopic (exact) mass is 393 g/mol. The third-order valence-corrected chi connectivity index (χ3v) is 5.93. The van der Waals surface area contributed by atoms with Crippen molar-refractivity contribution in [2.24, 2.45) is 0 Å². The first-order valence-electron chi connectivity index (χ1n) is 9.89. The molecule has 1 saturated carbocycles. The number of nitrogens with zero attached hydrogens (tertiary/aromatic N) is 2. The van der Waals surface area contributed by atoms with Crippen LogP contribution < -0.4 is 4.74 Å². The molecule has 0 aliphatic heterocycles. The van der Waals surface area contributed by atoms with Gasteiger partial charge in [-0.2, -0.15) is 5.26 Å². The van der Waals surface area contributed by atoms with E-state index in [-0.39, 0.29) is 6.10 Å². The number of H-pyrrole nitrogens is 1. The Hall–Kier alpha value is -2.51. The number of hydrogen-bond donors (Lipinski definition) is 1. The van der Waals surface area contributed by atoms with Crippen LogP contribution >= 0.6 is 11.6 Å². The normalized spacial score (nSPS) is 19.7. The Morgan fingerprint density at radius 2 is 1.93 bits per heavy atom. The van der Waals surface area contributed by atoms with Crippen LogP contribution in [0.2, 0.25) is 5.02 Å². The van der Waals surface area contributed by atoms with Crippen molar-refractivity contribution < 1.29 is 4.74 Å². The summed E-state index contributed by atoms with van der Waals surface area (Å²) in [6.45, 7) is 4.42. The third-order valence-electron chi connectivity index (χ3n) is 5.62. The maximum Gasteiger partial charge on any atom is 0.121 e. The zero-order valence-corrected chi connectivity index (χ0v) is 17.0. The maximum absolute atomic E-state index is 8.98. The molecule has 3 aromatic rings. The zero-order chi connectivity index (χ0) is 19.7. The summed E-state index contributed by atoms with van der Waals surface area (Å²) in [5.41, 5.74) is 3.99. The molecule has 28 heavy (non-hydrogen) atoms. The number of fused-ring (bicyclic) bond motifs is 1. The van der Waals surface area contributed by atoms with Gasteiger partial charge in [-0.05, 0) is 61.4 Å². The Morgan fingerprint density at radius 3 is 2.61 bits per heavy atom. The summed E-state index contributed by atoms with van der Waals surface area (Å²) in [7, 11) is 0. The number of hydrogen-bond acceptors (Lipinski definition) is 3. The van der Waals surface area contributed by atoms with Crippen LogP contribution in [-0.4, -0.2) is 16.1 Å². The van der Waals surface area contributed by atoms with Gasteiger partial charge in [-0.25, -0.2) is 4.98 Å². The summed E-state index contributed by atoms with van der Waals surface area (Å²) in [4.78, 5) is 8.38. The van der Waals surface area contributed by atoms with Crippen molar-refractivity contribution >= 4 is 22.6 Å². The highest BCUT2D eigenvalue weighted by Gasteiger charge is 2.26. The second-order valence-electron chi connectivity index (χ2n) is 7.90. The minimum Gasteiger partial charge on any atom is -0.490 e. The van der Waals surface area contributed by atoms with Crippen molar-refractivity contribution in [1.29, 1.82) is 5.26 Å². The SMILES string of the molecule is CC(C)c1ccc2nc([C@H]3CC[C@H](Oc4ccc(C#N)c(Cl)c4)CC3)[nH]c2c1. The summed E-state index contributed by atoms with van der Waals surface area (Å²) < 4.78 is 6.10. The van der Waals surface area contributed by atoms with E-state index in [1.165, 1.54) is 5.56 Å². The van der Waals surface area contributed by atoms with Crippen LogP contribution in [0.3, 0.4) is 0 Å². The lowest BCUT2D eigenvalue weighted by atomic mass is 9.87. The quantitative estimate of drug-likeness (QED) is 0.564. The molecule has 0 unspecified atom stereocenters. The minimum atomic E-state index is 0.178. The lowest BCUT2D eigenvalue weighted by Crippen LogP contribution is -2.23. The first kappa shape index (κ1) is 18.8. The lowest BCUT2D eigenvalue weighted by Gasteiger charge is -2.28. The smallest absolute Gasteiger partial charge is 0.121 e. The van der Waals surface area contributed by atoms with E-state index >= 15 is 0 Å². The van der Waals surface area contributed by atoms with Crippen LogP contribution in [0.1, 0.15) is 68.3 Å². The van der Waals surface area contributed by atoms with Crippen LogP contribution in [0, 0.1) is 11.3 Å². The molecule has 144 valence electrons. The number of ether oxygens (including phenoxy) is 1. The van der Waals surface area contributed by atoms with E-state index < -0.39 is 0 Å². The van der Waals surface area contributed by atoms with E-state index in [1.807, 2.05) is 6.07 Å². The maximum atomic E-state index is 8.98. The second kappa shape index (κ2) is 7.85. The predicted octanol–water partition coefficient (Wildman–Crippen LogP) is 6.32. The van der Waals surface area contributed by atoms with Crippen molar-refractivity contribution in [2.45, 2.75) is 57.5 Å². The third kappa shape index (κ3) is 3.86. The van der Waals surface area contributed by atoms with Gasteiger partial charge < -0.3 is 9.72 Å². The fraction of sp³-hybridized carbons (Fsp3) is 0.391. The van der Waals surface area contributed by atoms with Gasteiger partial charge in [-0.15, -0.1) is 0 Å². The molecule has 5 heteroatoms. The number of halogens is 1. The van der Waals surface area contributed by atoms with Gasteiger partial charge in [-0.1, -0.05) is 31.5 Å². The van der Waals surface area contributed by atoms with E-state index in [0.717, 1.165) is 48.3 Å². The van der Waals surface area contributed by atoms with Gasteiger partial charge in [0.05, 0.1) is 27.7 Å². The van der Waals surface area contributed by atoms with E-state index in [0.29, 0.717) is 22.4 Å². The van der Waals surface area contributed by atoms with Crippen LogP contribution in [0.5, 0.6) is 5.75 Å². The molecule has 1 heterocycles. The highest BCUT2D eigenvalue weighted by molar-refractivity contribution is 6.31. The molecule has 2 aromatic carbocycles. The largest absolute Gasteiger partial charge is 0.490 e. The van der Waals surface area contributed by atoms with Gasteiger partial charge in [0.25, 0.3) is 0 Å². The van der Waals surface area contributed by atoms with E-state index in [1.54, 1.807) is 12.1 Å². The molecule has 0 radical (unpaired) electrons. The van der Waals surface area contributed by atoms with Crippen molar-refractivity contribution in [3.8, 4) is 11.8 Å². The Morgan fingerprint density at radius 1 is 1.14 bits per heavy atom. The molecular weight excluding hydrogens is 370 g/mol. The number of nitrogens with one attached hydrogen (secondary N) is 1. The van der Waals surface area contributed by atoms with Crippen molar-refractivity contribution in [2.75, 3.05) is 0 Å². The predicted molar refractivity (Wildman–Crippen MR) is 112 cm³/mol. The van der Waals surface area contributed by atoms with Gasteiger partial charge in [-0.3, -0.25) is 0 Å². The van der Waals surface area contributed by atoms with Gasteiger partial charge in [0.2, 0.25) is 0 Å². The fourth-order valence-corrected chi connectivity index (χ4v) is 4.12. The van der Waals surface area contributed by atoms with Crippen LogP contribution in [-0.2, 0) is 0 Å². The summed E-state index contributed by atoms with van der Waals surface area (Å²) in [5, 5.41) is 9.42. The highest BCUT2D eigenvalue weighted by Crippen LogP contribution is 2.35. The zero-order valence-electron chi connectivity index (χ0n) is 16.2. The summed E-state index contributed by atoms with van der Waals surface area (Å²) in [6.07, 6.45) is 4.24. The molecule has 1 N–H and O–H groups in total. The van der Waals surface area contributed by atoms with Gasteiger partial charge in [0.1, 0.15) is 17.6 Å². The molecule has 1 fully saturated rings. The Balaban J connectivity index is 1.40. The molecule has 0 bridgehead atoms. The van der Waals surface area contributed by atoms with Gasteiger partial charge in [0, 0.05) is 12.0 Å². The number of aromatic amines is 1. The second-order valence-corrected chi connectivity index (χ2v) is 8.31. The molecule has 0 amide bonds. The summed E-state index contributed by atoms with van der Waals surface area (Å²) in [5.74, 6) is 2.78. The van der Waals surface area contributed by atoms with E-state index in [4.69, 9.17) is 26.6 Å². The molecule has 4 rings (SSSR count). The average molecular weight is 394 g/mol. The number of benzene rings is 2. The number of imidazole rings is 1. The molecule has 1 aliphatic carbocycles. The Bertz CT molecular complexity index is 1030. The minimum absolute atomic E-state index is 0.178. The first-order valence-corrected chi connectivity index (χ1v) is 10.3. The fourth-order valence-electron chi connectivity index (χ4n) is 3.91. The van der Waals surface area contributed by atoms with Crippen LogP contribution in [0.4, 0.5) is 0 Å². The van der Waals surface area contributed by atoms with Crippen molar-refractivity contribution in [3.63, 3.8) is 0 Å². The Labute approximate surface area is 170 Å². The number of nitriles is 1. The first-order chi connectivity index (χ1) is 13.5. The van der Waals surface area contributed by atoms with Gasteiger partial charge in [0.15, 0.2) is 0 Å². The van der Waals surface area contributed by atoms with Crippen LogP contribution in [0.25, 0.3) is 11.0 Å². The van der Waals surface area contributed by atoms with Crippen molar-refractivity contribution in [1.82, 2.24) is 9.97 Å².